The second-order valence-electron chi connectivity index (χ2n) is 7.35. The normalized spacial score (nSPS) is 14.9. The van der Waals surface area contributed by atoms with Crippen molar-refractivity contribution in [1.29, 1.82) is 0 Å². The van der Waals surface area contributed by atoms with Crippen molar-refractivity contribution in [1.82, 2.24) is 10.6 Å². The van der Waals surface area contributed by atoms with Gasteiger partial charge in [-0.3, -0.25) is 14.4 Å². The van der Waals surface area contributed by atoms with E-state index in [4.69, 9.17) is 15.3 Å². The first-order valence-corrected chi connectivity index (χ1v) is 11.0. The van der Waals surface area contributed by atoms with Crippen LogP contribution in [0.5, 0.6) is 0 Å². The zero-order chi connectivity index (χ0) is 27.3. The monoisotopic (exact) mass is 500 g/mol. The van der Waals surface area contributed by atoms with Gasteiger partial charge in [-0.1, -0.05) is 93.2 Å². The van der Waals surface area contributed by atoms with E-state index in [1.807, 2.05) is 6.92 Å². The molecule has 0 bridgehead atoms. The van der Waals surface area contributed by atoms with Gasteiger partial charge >= 0.3 is 17.9 Å². The Hall–Kier alpha value is -4.47. The van der Waals surface area contributed by atoms with Crippen molar-refractivity contribution < 1.29 is 39.3 Å². The Kier molecular flexibility index (Phi) is 16.6. The van der Waals surface area contributed by atoms with Gasteiger partial charge in [0.05, 0.1) is 6.42 Å². The summed E-state index contributed by atoms with van der Waals surface area (Å²) < 4.78 is 0. The summed E-state index contributed by atoms with van der Waals surface area (Å²) in [6.07, 6.45) is 22.1. The minimum absolute atomic E-state index is 0.178. The number of hydrogen-bond donors (Lipinski definition) is 5. The molecule has 0 unspecified atom stereocenters. The van der Waals surface area contributed by atoms with Crippen molar-refractivity contribution in [2.45, 2.75) is 38.8 Å². The number of rotatable bonds is 16. The molecule has 0 aromatic carbocycles. The third kappa shape index (κ3) is 16.2. The van der Waals surface area contributed by atoms with Gasteiger partial charge in [-0.15, -0.1) is 0 Å². The van der Waals surface area contributed by atoms with Crippen LogP contribution in [0.2, 0.25) is 0 Å². The molecule has 36 heavy (non-hydrogen) atoms. The summed E-state index contributed by atoms with van der Waals surface area (Å²) in [6.45, 7) is 3.62. The first-order valence-electron chi connectivity index (χ1n) is 11.0. The molecule has 0 saturated carbocycles. The average Bonchev–Trinajstić information content (AvgIpc) is 2.81. The molecule has 5 N–H and O–H groups in total. The molecule has 0 aromatic heterocycles. The number of nitrogens with one attached hydrogen (secondary N) is 2. The Morgan fingerprint density at radius 1 is 0.639 bits per heavy atom. The highest BCUT2D eigenvalue weighted by molar-refractivity contribution is 5.93. The number of allylic oxidation sites excluding steroid dienone is 12. The lowest BCUT2D eigenvalue weighted by molar-refractivity contribution is -0.146. The molecule has 10 heteroatoms. The number of carbonyl (C=O) groups excluding carboxylic acids is 2. The average molecular weight is 501 g/mol. The minimum atomic E-state index is -1.50. The maximum atomic E-state index is 11.8. The van der Waals surface area contributed by atoms with Crippen molar-refractivity contribution in [3.05, 3.63) is 85.1 Å². The van der Waals surface area contributed by atoms with Crippen molar-refractivity contribution >= 4 is 29.7 Å². The maximum absolute atomic E-state index is 11.8. The molecule has 0 aliphatic heterocycles. The number of carbonyl (C=O) groups is 5. The summed E-state index contributed by atoms with van der Waals surface area (Å²) in [4.78, 5) is 56.1. The SMILES string of the molecule is CC[C@H](C)[C@H](NC(=O)/C=C/C=C/C=C/C=C/C=C/C=C/C=C/C(=O)N[C@@H](CC(=O)O)C(=O)O)C(=O)O. The van der Waals surface area contributed by atoms with Crippen LogP contribution >= 0.6 is 0 Å². The lowest BCUT2D eigenvalue weighted by Crippen LogP contribution is -2.44. The molecule has 0 fully saturated rings. The van der Waals surface area contributed by atoms with Gasteiger partial charge in [0.1, 0.15) is 12.1 Å². The molecule has 3 atom stereocenters. The third-order valence-electron chi connectivity index (χ3n) is 4.49. The Morgan fingerprint density at radius 3 is 1.36 bits per heavy atom. The topological polar surface area (TPSA) is 170 Å². The molecule has 2 amide bonds. The van der Waals surface area contributed by atoms with Crippen LogP contribution < -0.4 is 10.6 Å². The van der Waals surface area contributed by atoms with E-state index in [1.165, 1.54) is 18.2 Å². The third-order valence-corrected chi connectivity index (χ3v) is 4.49. The van der Waals surface area contributed by atoms with Crippen molar-refractivity contribution in [3.63, 3.8) is 0 Å². The molecule has 0 heterocycles. The minimum Gasteiger partial charge on any atom is -0.481 e. The first kappa shape index (κ1) is 31.5. The molecule has 194 valence electrons. The summed E-state index contributed by atoms with van der Waals surface area (Å²) in [7, 11) is 0. The number of carboxylic acid groups (broad SMARTS) is 3. The van der Waals surface area contributed by atoms with Crippen LogP contribution in [0, 0.1) is 5.92 Å². The predicted octanol–water partition coefficient (Wildman–Crippen LogP) is 2.54. The zero-order valence-electron chi connectivity index (χ0n) is 20.1. The van der Waals surface area contributed by atoms with E-state index >= 15 is 0 Å². The van der Waals surface area contributed by atoms with Crippen LogP contribution in [-0.4, -0.2) is 57.1 Å². The molecule has 0 rings (SSSR count). The van der Waals surface area contributed by atoms with E-state index in [2.05, 4.69) is 10.6 Å². The summed E-state index contributed by atoms with van der Waals surface area (Å²) in [5, 5.41) is 31.2. The van der Waals surface area contributed by atoms with Crippen LogP contribution in [-0.2, 0) is 24.0 Å². The van der Waals surface area contributed by atoms with Gasteiger partial charge in [0.15, 0.2) is 0 Å². The zero-order valence-corrected chi connectivity index (χ0v) is 20.1. The van der Waals surface area contributed by atoms with Gasteiger partial charge in [0.2, 0.25) is 11.8 Å². The second-order valence-corrected chi connectivity index (χ2v) is 7.35. The molecule has 0 radical (unpaired) electrons. The Morgan fingerprint density at radius 2 is 1.03 bits per heavy atom. The molecular weight excluding hydrogens is 468 g/mol. The fraction of sp³-hybridized carbons (Fsp3) is 0.269. The van der Waals surface area contributed by atoms with Crippen LogP contribution in [0.1, 0.15) is 26.7 Å². The summed E-state index contributed by atoms with van der Waals surface area (Å²) >= 11 is 0. The van der Waals surface area contributed by atoms with E-state index in [9.17, 15) is 24.0 Å². The second kappa shape index (κ2) is 18.9. The van der Waals surface area contributed by atoms with Gasteiger partial charge in [-0.05, 0) is 5.92 Å². The van der Waals surface area contributed by atoms with Gasteiger partial charge in [-0.2, -0.15) is 0 Å². The highest BCUT2D eigenvalue weighted by Crippen LogP contribution is 2.07. The van der Waals surface area contributed by atoms with Crippen LogP contribution in [0.15, 0.2) is 85.1 Å². The van der Waals surface area contributed by atoms with E-state index in [0.717, 1.165) is 6.08 Å². The number of aliphatic carboxylic acids is 3. The van der Waals surface area contributed by atoms with Gasteiger partial charge in [-0.25, -0.2) is 9.59 Å². The Labute approximate surface area is 209 Å². The largest absolute Gasteiger partial charge is 0.481 e. The molecular formula is C26H32N2O8. The summed E-state index contributed by atoms with van der Waals surface area (Å²) in [6, 6.07) is -2.43. The van der Waals surface area contributed by atoms with E-state index in [1.54, 1.807) is 67.7 Å². The first-order chi connectivity index (χ1) is 17.1. The van der Waals surface area contributed by atoms with Crippen LogP contribution in [0.25, 0.3) is 0 Å². The predicted molar refractivity (Wildman–Crippen MR) is 135 cm³/mol. The van der Waals surface area contributed by atoms with Crippen LogP contribution in [0.4, 0.5) is 0 Å². The molecule has 0 spiro atoms. The molecule has 0 aromatic rings. The number of carboxylic acids is 3. The van der Waals surface area contributed by atoms with Crippen molar-refractivity contribution in [2.75, 3.05) is 0 Å². The standard InChI is InChI=1S/C26H32N2O8/c1-3-19(2)24(26(35)36)28-22(30)17-15-13-11-9-7-5-4-6-8-10-12-14-16-21(29)27-20(25(33)34)18-23(31)32/h4-17,19-20,24H,3,18H2,1-2H3,(H,27,29)(H,28,30)(H,31,32)(H,33,34)(H,35,36)/b5-4+,8-6+,9-7+,12-10+,13-11+,16-14+,17-15+/t19-,20-,24-/m0/s1. The quantitative estimate of drug-likeness (QED) is 0.159. The van der Waals surface area contributed by atoms with Crippen LogP contribution in [0.3, 0.4) is 0 Å². The van der Waals surface area contributed by atoms with Crippen molar-refractivity contribution in [2.24, 2.45) is 5.92 Å². The fourth-order valence-electron chi connectivity index (χ4n) is 2.41. The Balaban J connectivity index is 4.38. The number of hydrogen-bond acceptors (Lipinski definition) is 5. The summed E-state index contributed by atoms with van der Waals surface area (Å²) in [5.41, 5.74) is 0. The molecule has 0 aliphatic rings. The van der Waals surface area contributed by atoms with E-state index < -0.39 is 48.2 Å². The van der Waals surface area contributed by atoms with E-state index in [-0.39, 0.29) is 5.92 Å². The molecule has 10 nitrogen and oxygen atoms in total. The van der Waals surface area contributed by atoms with Crippen molar-refractivity contribution in [3.8, 4) is 0 Å². The van der Waals surface area contributed by atoms with Gasteiger partial charge in [0, 0.05) is 12.2 Å². The van der Waals surface area contributed by atoms with Gasteiger partial charge in [0.25, 0.3) is 0 Å². The lowest BCUT2D eigenvalue weighted by Gasteiger charge is -2.19. The van der Waals surface area contributed by atoms with Gasteiger partial charge < -0.3 is 26.0 Å². The maximum Gasteiger partial charge on any atom is 0.326 e. The Bertz CT molecular complexity index is 970. The van der Waals surface area contributed by atoms with E-state index in [0.29, 0.717) is 6.42 Å². The highest BCUT2D eigenvalue weighted by atomic mass is 16.4. The number of amides is 2. The molecule has 0 aliphatic carbocycles. The lowest BCUT2D eigenvalue weighted by atomic mass is 9.99. The highest BCUT2D eigenvalue weighted by Gasteiger charge is 2.24. The summed E-state index contributed by atoms with van der Waals surface area (Å²) in [5.74, 6) is -5.20. The fourth-order valence-corrected chi connectivity index (χ4v) is 2.41. The molecule has 0 saturated heterocycles. The smallest absolute Gasteiger partial charge is 0.326 e.